The van der Waals surface area contributed by atoms with E-state index in [1.165, 1.54) is 76.5 Å². The minimum absolute atomic E-state index is 0.843. The van der Waals surface area contributed by atoms with Gasteiger partial charge in [0.25, 0.3) is 0 Å². The Bertz CT molecular complexity index is 3930. The second-order valence-corrected chi connectivity index (χ2v) is 16.8. The highest BCUT2D eigenvalue weighted by Crippen LogP contribution is 2.47. The Kier molecular flexibility index (Phi) is 8.25. The minimum Gasteiger partial charge on any atom is -0.456 e. The Morgan fingerprint density at radius 1 is 0.203 bits per heavy atom. The fourth-order valence-corrected chi connectivity index (χ4v) is 9.92. The molecule has 0 aliphatic heterocycles. The average Bonchev–Trinajstić information content (AvgIpc) is 4.00. The second-order valence-electron chi connectivity index (χ2n) is 16.8. The van der Waals surface area contributed by atoms with Gasteiger partial charge in [-0.15, -0.1) is 0 Å². The van der Waals surface area contributed by atoms with E-state index in [9.17, 15) is 0 Å². The predicted octanol–water partition coefficient (Wildman–Crippen LogP) is 17.8. The number of rotatable bonds is 6. The Hall–Kier alpha value is -8.46. The quantitative estimate of drug-likeness (QED) is 0.123. The number of benzene rings is 11. The molecule has 13 rings (SSSR count). The summed E-state index contributed by atoms with van der Waals surface area (Å²) in [4.78, 5) is 0. The van der Waals surface area contributed by atoms with Crippen molar-refractivity contribution in [3.8, 4) is 67.2 Å². The highest BCUT2D eigenvalue weighted by Gasteiger charge is 2.21. The molecule has 2 heteroatoms. The third-order valence-corrected chi connectivity index (χ3v) is 13.0. The third-order valence-electron chi connectivity index (χ3n) is 13.0. The molecule has 0 radical (unpaired) electrons. The van der Waals surface area contributed by atoms with Gasteiger partial charge in [-0.2, -0.15) is 0 Å². The van der Waals surface area contributed by atoms with Crippen LogP contribution in [0.25, 0.3) is 132 Å². The SMILES string of the molecule is c1ccc(-c2ccc3oc(-c4ccc5c(-c6ccc7c(ccc8ccccc87)c6)c6cc(-c7cc8cc(-c9ccccc9)ccc8o7)ccc6c(-c6ccccc6)c5c4)cc3c2)cc1. The van der Waals surface area contributed by atoms with Gasteiger partial charge in [0.1, 0.15) is 22.7 Å². The summed E-state index contributed by atoms with van der Waals surface area (Å²) in [5.74, 6) is 1.69. The minimum atomic E-state index is 0.843. The van der Waals surface area contributed by atoms with Crippen LogP contribution in [0, 0.1) is 0 Å². The van der Waals surface area contributed by atoms with Crippen molar-refractivity contribution < 1.29 is 8.83 Å². The number of fused-ring (bicyclic) bond motifs is 7. The average molecular weight is 815 g/mol. The van der Waals surface area contributed by atoms with Crippen molar-refractivity contribution in [2.45, 2.75) is 0 Å². The molecule has 0 atom stereocenters. The molecule has 0 N–H and O–H groups in total. The second kappa shape index (κ2) is 14.6. The number of furan rings is 2. The zero-order chi connectivity index (χ0) is 42.1. The zero-order valence-electron chi connectivity index (χ0n) is 34.8. The Labute approximate surface area is 369 Å². The van der Waals surface area contributed by atoms with Gasteiger partial charge < -0.3 is 8.83 Å². The first-order valence-corrected chi connectivity index (χ1v) is 21.9. The Balaban J connectivity index is 1.05. The molecule has 2 aromatic heterocycles. The molecule has 0 fully saturated rings. The van der Waals surface area contributed by atoms with Crippen molar-refractivity contribution in [2.75, 3.05) is 0 Å². The molecule has 0 aliphatic rings. The summed E-state index contributed by atoms with van der Waals surface area (Å²) in [6.07, 6.45) is 0. The lowest BCUT2D eigenvalue weighted by Gasteiger charge is -2.19. The highest BCUT2D eigenvalue weighted by atomic mass is 16.3. The first-order chi connectivity index (χ1) is 31.7. The molecule has 11 aromatic carbocycles. The first-order valence-electron chi connectivity index (χ1n) is 21.9. The van der Waals surface area contributed by atoms with Crippen molar-refractivity contribution >= 4 is 65.0 Å². The van der Waals surface area contributed by atoms with E-state index in [2.05, 4.69) is 231 Å². The molecular weight excluding hydrogens is 777 g/mol. The van der Waals surface area contributed by atoms with Gasteiger partial charge in [-0.1, -0.05) is 176 Å². The molecule has 0 amide bonds. The fourth-order valence-electron chi connectivity index (χ4n) is 9.92. The molecule has 13 aromatic rings. The molecule has 0 aliphatic carbocycles. The smallest absolute Gasteiger partial charge is 0.135 e. The first kappa shape index (κ1) is 36.2. The van der Waals surface area contributed by atoms with Crippen molar-refractivity contribution in [1.29, 1.82) is 0 Å². The maximum Gasteiger partial charge on any atom is 0.135 e. The summed E-state index contributed by atoms with van der Waals surface area (Å²) in [5, 5.41) is 11.8. The van der Waals surface area contributed by atoms with Crippen molar-refractivity contribution in [2.24, 2.45) is 0 Å². The van der Waals surface area contributed by atoms with Crippen LogP contribution in [0.1, 0.15) is 0 Å². The maximum absolute atomic E-state index is 6.65. The Morgan fingerprint density at radius 2 is 0.625 bits per heavy atom. The van der Waals surface area contributed by atoms with Gasteiger partial charge in [0.2, 0.25) is 0 Å². The van der Waals surface area contributed by atoms with Crippen molar-refractivity contribution in [3.05, 3.63) is 231 Å². The van der Waals surface area contributed by atoms with Crippen molar-refractivity contribution in [3.63, 3.8) is 0 Å². The standard InChI is InChI=1S/C62H38O2/c1-4-12-39(13-5-1)43-25-30-57-49(32-43)37-59(63-57)46-23-29-54-55(35-46)61(42-17-8-3-9-18-42)53-28-22-47(60-38-50-33-44(26-31-58(50)64-60)40-14-6-2-7-15-40)36-56(53)62(54)48-24-27-52-45(34-48)21-20-41-16-10-11-19-51(41)52/h1-38H. The van der Waals surface area contributed by atoms with Gasteiger partial charge in [-0.05, 0) is 142 Å². The predicted molar refractivity (Wildman–Crippen MR) is 269 cm³/mol. The van der Waals surface area contributed by atoms with Crippen LogP contribution in [0.2, 0.25) is 0 Å². The lowest BCUT2D eigenvalue weighted by atomic mass is 9.84. The van der Waals surface area contributed by atoms with E-state index in [4.69, 9.17) is 8.83 Å². The molecule has 0 saturated heterocycles. The molecule has 2 heterocycles. The van der Waals surface area contributed by atoms with Gasteiger partial charge in [0.15, 0.2) is 0 Å². The van der Waals surface area contributed by atoms with Crippen LogP contribution in [-0.4, -0.2) is 0 Å². The van der Waals surface area contributed by atoms with Crippen molar-refractivity contribution in [1.82, 2.24) is 0 Å². The van der Waals surface area contributed by atoms with Gasteiger partial charge in [-0.3, -0.25) is 0 Å². The highest BCUT2D eigenvalue weighted by molar-refractivity contribution is 6.23. The van der Waals surface area contributed by atoms with Gasteiger partial charge in [0.05, 0.1) is 0 Å². The van der Waals surface area contributed by atoms with Crippen LogP contribution in [0.3, 0.4) is 0 Å². The van der Waals surface area contributed by atoms with Crippen LogP contribution in [0.4, 0.5) is 0 Å². The van der Waals surface area contributed by atoms with Crippen LogP contribution >= 0.6 is 0 Å². The normalized spacial score (nSPS) is 11.8. The summed E-state index contributed by atoms with van der Waals surface area (Å²) in [6.45, 7) is 0. The number of hydrogen-bond donors (Lipinski definition) is 0. The van der Waals surface area contributed by atoms with E-state index >= 15 is 0 Å². The molecule has 64 heavy (non-hydrogen) atoms. The maximum atomic E-state index is 6.65. The molecule has 0 unspecified atom stereocenters. The third kappa shape index (κ3) is 6.03. The van der Waals surface area contributed by atoms with Gasteiger partial charge >= 0.3 is 0 Å². The van der Waals surface area contributed by atoms with Crippen LogP contribution < -0.4 is 0 Å². The summed E-state index contributed by atoms with van der Waals surface area (Å²) in [6, 6.07) is 83.0. The largest absolute Gasteiger partial charge is 0.456 e. The molecular formula is C62H38O2. The van der Waals surface area contributed by atoms with E-state index in [1.807, 2.05) is 0 Å². The lowest BCUT2D eigenvalue weighted by molar-refractivity contribution is 0.631. The van der Waals surface area contributed by atoms with E-state index < -0.39 is 0 Å². The molecule has 298 valence electrons. The summed E-state index contributed by atoms with van der Waals surface area (Å²) in [7, 11) is 0. The number of hydrogen-bond acceptors (Lipinski definition) is 2. The Morgan fingerprint density at radius 3 is 1.20 bits per heavy atom. The molecule has 0 bridgehead atoms. The van der Waals surface area contributed by atoms with Gasteiger partial charge in [-0.25, -0.2) is 0 Å². The molecule has 0 spiro atoms. The molecule has 0 saturated carbocycles. The molecule has 2 nitrogen and oxygen atoms in total. The topological polar surface area (TPSA) is 26.3 Å². The van der Waals surface area contributed by atoms with Crippen LogP contribution in [0.5, 0.6) is 0 Å². The monoisotopic (exact) mass is 814 g/mol. The van der Waals surface area contributed by atoms with E-state index in [0.717, 1.165) is 55.7 Å². The van der Waals surface area contributed by atoms with Crippen LogP contribution in [0.15, 0.2) is 239 Å². The van der Waals surface area contributed by atoms with E-state index in [0.29, 0.717) is 0 Å². The van der Waals surface area contributed by atoms with E-state index in [1.54, 1.807) is 0 Å². The lowest BCUT2D eigenvalue weighted by Crippen LogP contribution is -1.92. The van der Waals surface area contributed by atoms with E-state index in [-0.39, 0.29) is 0 Å². The van der Waals surface area contributed by atoms with Crippen LogP contribution in [-0.2, 0) is 0 Å². The zero-order valence-corrected chi connectivity index (χ0v) is 34.8. The van der Waals surface area contributed by atoms with Gasteiger partial charge in [0, 0.05) is 21.9 Å². The fraction of sp³-hybridized carbons (Fsp3) is 0. The summed E-state index contributed by atoms with van der Waals surface area (Å²) in [5.41, 5.74) is 13.2. The summed E-state index contributed by atoms with van der Waals surface area (Å²) >= 11 is 0. The summed E-state index contributed by atoms with van der Waals surface area (Å²) < 4.78 is 13.3.